The predicted octanol–water partition coefficient (Wildman–Crippen LogP) is 4.22. The summed E-state index contributed by atoms with van der Waals surface area (Å²) >= 11 is 0. The van der Waals surface area contributed by atoms with E-state index >= 15 is 0 Å². The first-order valence-electron chi connectivity index (χ1n) is 9.61. The molecule has 29 heavy (non-hydrogen) atoms. The van der Waals surface area contributed by atoms with Gasteiger partial charge in [0.1, 0.15) is 0 Å². The summed E-state index contributed by atoms with van der Waals surface area (Å²) in [5, 5.41) is 0. The largest absolute Gasteiger partial charge is 0.464 e. The second kappa shape index (κ2) is 7.31. The number of aromatic nitrogens is 2. The molecule has 0 N–H and O–H groups in total. The maximum Gasteiger partial charge on any atom is 0.416 e. The van der Waals surface area contributed by atoms with Crippen molar-refractivity contribution in [1.29, 1.82) is 0 Å². The average Bonchev–Trinajstić information content (AvgIpc) is 3.25. The molecule has 2 aromatic rings. The van der Waals surface area contributed by atoms with Gasteiger partial charge in [-0.05, 0) is 55.2 Å². The number of halogens is 3. The first kappa shape index (κ1) is 19.7. The lowest BCUT2D eigenvalue weighted by Crippen LogP contribution is -2.25. The van der Waals surface area contributed by atoms with Gasteiger partial charge in [0, 0.05) is 18.8 Å². The SMILES string of the molecule is COC(=O)c1cc(C)nc(N2C[C@H]3C[C@H](c4ccccc4C(F)(F)F)C[C@H]3C2)n1. The van der Waals surface area contributed by atoms with Crippen molar-refractivity contribution in [3.05, 3.63) is 52.8 Å². The highest BCUT2D eigenvalue weighted by atomic mass is 19.4. The van der Waals surface area contributed by atoms with E-state index in [0.717, 1.165) is 0 Å². The summed E-state index contributed by atoms with van der Waals surface area (Å²) < 4.78 is 44.9. The molecule has 1 aliphatic carbocycles. The number of carbonyl (C=O) groups is 1. The molecule has 8 heteroatoms. The minimum absolute atomic E-state index is 0.0889. The summed E-state index contributed by atoms with van der Waals surface area (Å²) in [5.74, 6) is 0.444. The van der Waals surface area contributed by atoms with Crippen LogP contribution in [0.2, 0.25) is 0 Å². The molecule has 1 saturated carbocycles. The molecule has 1 aromatic carbocycles. The third kappa shape index (κ3) is 3.80. The van der Waals surface area contributed by atoms with Gasteiger partial charge in [-0.3, -0.25) is 0 Å². The minimum Gasteiger partial charge on any atom is -0.464 e. The summed E-state index contributed by atoms with van der Waals surface area (Å²) in [4.78, 5) is 22.6. The van der Waals surface area contributed by atoms with Crippen molar-refractivity contribution in [2.75, 3.05) is 25.1 Å². The van der Waals surface area contributed by atoms with Crippen LogP contribution >= 0.6 is 0 Å². The average molecular weight is 405 g/mol. The van der Waals surface area contributed by atoms with Crippen molar-refractivity contribution < 1.29 is 22.7 Å². The third-order valence-corrected chi connectivity index (χ3v) is 5.98. The highest BCUT2D eigenvalue weighted by molar-refractivity contribution is 5.87. The van der Waals surface area contributed by atoms with Gasteiger partial charge in [0.15, 0.2) is 5.69 Å². The molecular weight excluding hydrogens is 383 g/mol. The van der Waals surface area contributed by atoms with Crippen LogP contribution in [0, 0.1) is 18.8 Å². The second-order valence-corrected chi connectivity index (χ2v) is 7.86. The first-order chi connectivity index (χ1) is 13.8. The second-order valence-electron chi connectivity index (χ2n) is 7.86. The van der Waals surface area contributed by atoms with E-state index < -0.39 is 17.7 Å². The van der Waals surface area contributed by atoms with Gasteiger partial charge in [0.05, 0.1) is 12.7 Å². The Morgan fingerprint density at radius 1 is 1.14 bits per heavy atom. The number of esters is 1. The molecule has 154 valence electrons. The summed E-state index contributed by atoms with van der Waals surface area (Å²) in [6.07, 6.45) is -2.91. The number of ether oxygens (including phenoxy) is 1. The van der Waals surface area contributed by atoms with Crippen LogP contribution in [0.4, 0.5) is 19.1 Å². The quantitative estimate of drug-likeness (QED) is 0.716. The van der Waals surface area contributed by atoms with Crippen LogP contribution in [-0.2, 0) is 10.9 Å². The maximum atomic E-state index is 13.4. The molecule has 5 nitrogen and oxygen atoms in total. The van der Waals surface area contributed by atoms with Crippen LogP contribution in [0.3, 0.4) is 0 Å². The minimum atomic E-state index is -4.33. The van der Waals surface area contributed by atoms with Gasteiger partial charge >= 0.3 is 12.1 Å². The van der Waals surface area contributed by atoms with Gasteiger partial charge < -0.3 is 9.64 Å². The van der Waals surface area contributed by atoms with Crippen molar-refractivity contribution in [1.82, 2.24) is 9.97 Å². The molecule has 2 aliphatic rings. The third-order valence-electron chi connectivity index (χ3n) is 5.98. The normalized spacial score (nSPS) is 23.9. The van der Waals surface area contributed by atoms with Crippen molar-refractivity contribution in [2.24, 2.45) is 11.8 Å². The molecule has 4 rings (SSSR count). The number of methoxy groups -OCH3 is 1. The predicted molar refractivity (Wildman–Crippen MR) is 101 cm³/mol. The lowest BCUT2D eigenvalue weighted by molar-refractivity contribution is -0.138. The molecule has 0 amide bonds. The molecule has 2 heterocycles. The summed E-state index contributed by atoms with van der Waals surface area (Å²) in [6, 6.07) is 7.48. The van der Waals surface area contributed by atoms with Gasteiger partial charge in [-0.1, -0.05) is 18.2 Å². The number of fused-ring (bicyclic) bond motifs is 1. The molecular formula is C21H22F3N3O2. The van der Waals surface area contributed by atoms with Crippen molar-refractivity contribution >= 4 is 11.9 Å². The summed E-state index contributed by atoms with van der Waals surface area (Å²) in [5.41, 5.74) is 0.765. The van der Waals surface area contributed by atoms with E-state index in [1.54, 1.807) is 25.1 Å². The number of rotatable bonds is 3. The Morgan fingerprint density at radius 3 is 2.41 bits per heavy atom. The number of benzene rings is 1. The Balaban J connectivity index is 1.51. The van der Waals surface area contributed by atoms with Gasteiger partial charge in [-0.2, -0.15) is 13.2 Å². The van der Waals surface area contributed by atoms with E-state index in [0.29, 0.717) is 43.1 Å². The Hall–Kier alpha value is -2.64. The molecule has 0 radical (unpaired) electrons. The lowest BCUT2D eigenvalue weighted by atomic mass is 9.91. The van der Waals surface area contributed by atoms with Crippen LogP contribution in [0.25, 0.3) is 0 Å². The first-order valence-corrected chi connectivity index (χ1v) is 9.61. The molecule has 3 atom stereocenters. The van der Waals surface area contributed by atoms with Crippen molar-refractivity contribution in [3.8, 4) is 0 Å². The molecule has 0 unspecified atom stereocenters. The van der Waals surface area contributed by atoms with Crippen LogP contribution in [0.1, 0.15) is 46.1 Å². The molecule has 0 spiro atoms. The van der Waals surface area contributed by atoms with E-state index in [1.807, 2.05) is 4.90 Å². The number of hydrogen-bond acceptors (Lipinski definition) is 5. The maximum absolute atomic E-state index is 13.4. The molecule has 2 fully saturated rings. The molecule has 0 bridgehead atoms. The van der Waals surface area contributed by atoms with E-state index in [4.69, 9.17) is 4.74 Å². The van der Waals surface area contributed by atoms with Crippen LogP contribution in [0.15, 0.2) is 30.3 Å². The fourth-order valence-corrected chi connectivity index (χ4v) is 4.73. The fourth-order valence-electron chi connectivity index (χ4n) is 4.73. The van der Waals surface area contributed by atoms with Crippen LogP contribution < -0.4 is 4.90 Å². The Morgan fingerprint density at radius 2 is 1.79 bits per heavy atom. The van der Waals surface area contributed by atoms with Gasteiger partial charge in [-0.25, -0.2) is 14.8 Å². The summed E-state index contributed by atoms with van der Waals surface area (Å²) in [7, 11) is 1.30. The zero-order chi connectivity index (χ0) is 20.8. The number of hydrogen-bond donors (Lipinski definition) is 0. The Labute approximate surface area is 166 Å². The highest BCUT2D eigenvalue weighted by Gasteiger charge is 2.44. The zero-order valence-electron chi connectivity index (χ0n) is 16.2. The number of aryl methyl sites for hydroxylation is 1. The van der Waals surface area contributed by atoms with Crippen LogP contribution in [-0.4, -0.2) is 36.1 Å². The van der Waals surface area contributed by atoms with Gasteiger partial charge in [0.2, 0.25) is 5.95 Å². The van der Waals surface area contributed by atoms with Crippen molar-refractivity contribution in [3.63, 3.8) is 0 Å². The number of nitrogens with zero attached hydrogens (tertiary/aromatic N) is 3. The Bertz CT molecular complexity index is 918. The highest BCUT2D eigenvalue weighted by Crippen LogP contribution is 2.49. The summed E-state index contributed by atoms with van der Waals surface area (Å²) in [6.45, 7) is 3.15. The monoisotopic (exact) mass is 405 g/mol. The molecule has 1 saturated heterocycles. The topological polar surface area (TPSA) is 55.3 Å². The smallest absolute Gasteiger partial charge is 0.416 e. The lowest BCUT2D eigenvalue weighted by Gasteiger charge is -2.22. The number of anilines is 1. The van der Waals surface area contributed by atoms with E-state index in [-0.39, 0.29) is 23.4 Å². The van der Waals surface area contributed by atoms with E-state index in [9.17, 15) is 18.0 Å². The zero-order valence-corrected chi connectivity index (χ0v) is 16.2. The van der Waals surface area contributed by atoms with Crippen molar-refractivity contribution in [2.45, 2.75) is 31.9 Å². The van der Waals surface area contributed by atoms with Gasteiger partial charge in [-0.15, -0.1) is 0 Å². The van der Waals surface area contributed by atoms with E-state index in [2.05, 4.69) is 9.97 Å². The molecule has 1 aromatic heterocycles. The number of carbonyl (C=O) groups excluding carboxylic acids is 1. The fraction of sp³-hybridized carbons (Fsp3) is 0.476. The standard InChI is InChI=1S/C21H22F3N3O2/c1-12-7-18(19(28)29-2)26-20(25-12)27-10-14-8-13(9-15(14)11-27)16-5-3-4-6-17(16)21(22,23)24/h3-7,13-15H,8-11H2,1-2H3/t13-,14+,15-. The van der Waals surface area contributed by atoms with Gasteiger partial charge in [0.25, 0.3) is 0 Å². The number of alkyl halides is 3. The van der Waals surface area contributed by atoms with E-state index in [1.165, 1.54) is 19.2 Å². The van der Waals surface area contributed by atoms with Crippen LogP contribution in [0.5, 0.6) is 0 Å². The molecule has 1 aliphatic heterocycles. The Kier molecular flexibility index (Phi) is 4.96.